The second-order valence-corrected chi connectivity index (χ2v) is 3.03. The van der Waals surface area contributed by atoms with Gasteiger partial charge >= 0.3 is 11.6 Å². The van der Waals surface area contributed by atoms with Crippen molar-refractivity contribution in [2.45, 2.75) is 12.8 Å². The number of halogens is 4. The van der Waals surface area contributed by atoms with Gasteiger partial charge in [-0.15, -0.1) is 0 Å². The van der Waals surface area contributed by atoms with E-state index < -0.39 is 17.2 Å². The maximum absolute atomic E-state index is 12.2. The van der Waals surface area contributed by atoms with E-state index in [9.17, 15) is 18.0 Å². The molecular weight excluding hydrogens is 233 g/mol. The molecule has 1 rings (SSSR count). The molecule has 1 aromatic carbocycles. The standard InChI is InChI=1S/C9H6ClF3O2/c10-8(14)15-5-6-2-1-3-7(4-6)9(11,12)13/h1-4H,5H2. The summed E-state index contributed by atoms with van der Waals surface area (Å²) in [5.74, 6) is 0. The fraction of sp³-hybridized carbons (Fsp3) is 0.222. The van der Waals surface area contributed by atoms with Gasteiger partial charge in [-0.1, -0.05) is 12.1 Å². The van der Waals surface area contributed by atoms with Crippen LogP contribution in [0.15, 0.2) is 24.3 Å². The van der Waals surface area contributed by atoms with E-state index in [1.54, 1.807) is 0 Å². The first-order valence-corrected chi connectivity index (χ1v) is 4.26. The van der Waals surface area contributed by atoms with Crippen LogP contribution in [0.5, 0.6) is 0 Å². The molecule has 0 amide bonds. The molecule has 0 aromatic heterocycles. The number of rotatable bonds is 2. The zero-order chi connectivity index (χ0) is 11.5. The van der Waals surface area contributed by atoms with Gasteiger partial charge in [0.1, 0.15) is 6.61 Å². The fourth-order valence-electron chi connectivity index (χ4n) is 0.978. The number of ether oxygens (including phenoxy) is 1. The third kappa shape index (κ3) is 3.79. The van der Waals surface area contributed by atoms with Crippen molar-refractivity contribution in [3.8, 4) is 0 Å². The van der Waals surface area contributed by atoms with Crippen LogP contribution < -0.4 is 0 Å². The largest absolute Gasteiger partial charge is 0.449 e. The summed E-state index contributed by atoms with van der Waals surface area (Å²) < 4.78 is 41.1. The smallest absolute Gasteiger partial charge is 0.416 e. The van der Waals surface area contributed by atoms with Gasteiger partial charge in [0, 0.05) is 11.6 Å². The molecule has 0 unspecified atom stereocenters. The van der Waals surface area contributed by atoms with Crippen molar-refractivity contribution >= 4 is 17.0 Å². The van der Waals surface area contributed by atoms with E-state index in [1.165, 1.54) is 12.1 Å². The third-order valence-corrected chi connectivity index (χ3v) is 1.72. The lowest BCUT2D eigenvalue weighted by Crippen LogP contribution is -2.05. The Labute approximate surface area is 88.6 Å². The molecule has 0 aliphatic carbocycles. The Morgan fingerprint density at radius 2 is 2.07 bits per heavy atom. The average Bonchev–Trinajstić information content (AvgIpc) is 2.14. The van der Waals surface area contributed by atoms with E-state index in [0.29, 0.717) is 0 Å². The molecule has 15 heavy (non-hydrogen) atoms. The first-order chi connectivity index (χ1) is 6.89. The van der Waals surface area contributed by atoms with Crippen LogP contribution in [0.25, 0.3) is 0 Å². The van der Waals surface area contributed by atoms with E-state index in [1.807, 2.05) is 0 Å². The maximum Gasteiger partial charge on any atom is 0.416 e. The van der Waals surface area contributed by atoms with Crippen molar-refractivity contribution < 1.29 is 22.7 Å². The lowest BCUT2D eigenvalue weighted by molar-refractivity contribution is -0.137. The Kier molecular flexibility index (Phi) is 3.57. The minimum Gasteiger partial charge on any atom is -0.449 e. The van der Waals surface area contributed by atoms with Crippen LogP contribution >= 0.6 is 11.6 Å². The molecule has 2 nitrogen and oxygen atoms in total. The molecule has 0 atom stereocenters. The van der Waals surface area contributed by atoms with Crippen molar-refractivity contribution in [2.75, 3.05) is 0 Å². The topological polar surface area (TPSA) is 26.3 Å². The van der Waals surface area contributed by atoms with Gasteiger partial charge < -0.3 is 4.74 Å². The van der Waals surface area contributed by atoms with E-state index in [4.69, 9.17) is 11.6 Å². The number of benzene rings is 1. The van der Waals surface area contributed by atoms with E-state index in [-0.39, 0.29) is 12.2 Å². The van der Waals surface area contributed by atoms with Crippen molar-refractivity contribution in [1.29, 1.82) is 0 Å². The van der Waals surface area contributed by atoms with Gasteiger partial charge in [0.2, 0.25) is 0 Å². The second kappa shape index (κ2) is 4.53. The number of carbonyl (C=O) groups is 1. The Morgan fingerprint density at radius 3 is 2.60 bits per heavy atom. The SMILES string of the molecule is O=C(Cl)OCc1cccc(C(F)(F)F)c1. The van der Waals surface area contributed by atoms with Crippen molar-refractivity contribution in [3.63, 3.8) is 0 Å². The van der Waals surface area contributed by atoms with Gasteiger partial charge in [-0.05, 0) is 17.7 Å². The van der Waals surface area contributed by atoms with Gasteiger partial charge in [-0.2, -0.15) is 13.2 Å². The Morgan fingerprint density at radius 1 is 1.40 bits per heavy atom. The summed E-state index contributed by atoms with van der Waals surface area (Å²) in [5, 5.41) is 0. The first-order valence-electron chi connectivity index (χ1n) is 3.88. The van der Waals surface area contributed by atoms with Gasteiger partial charge in [0.15, 0.2) is 0 Å². The summed E-state index contributed by atoms with van der Waals surface area (Å²) in [6, 6.07) is 4.49. The molecule has 0 radical (unpaired) electrons. The molecule has 0 fully saturated rings. The third-order valence-electron chi connectivity index (χ3n) is 1.61. The molecule has 0 spiro atoms. The summed E-state index contributed by atoms with van der Waals surface area (Å²) >= 11 is 4.87. The average molecular weight is 239 g/mol. The van der Waals surface area contributed by atoms with Crippen LogP contribution in [0.1, 0.15) is 11.1 Å². The zero-order valence-electron chi connectivity index (χ0n) is 7.34. The zero-order valence-corrected chi connectivity index (χ0v) is 8.10. The Hall–Kier alpha value is -1.23. The Bertz CT molecular complexity index is 363. The van der Waals surface area contributed by atoms with Gasteiger partial charge in [0.25, 0.3) is 0 Å². The monoisotopic (exact) mass is 238 g/mol. The van der Waals surface area contributed by atoms with E-state index >= 15 is 0 Å². The number of alkyl halides is 3. The highest BCUT2D eigenvalue weighted by Gasteiger charge is 2.30. The quantitative estimate of drug-likeness (QED) is 0.736. The summed E-state index contributed by atoms with van der Waals surface area (Å²) in [4.78, 5) is 10.2. The van der Waals surface area contributed by atoms with Crippen LogP contribution in [0.3, 0.4) is 0 Å². The van der Waals surface area contributed by atoms with Crippen LogP contribution in [0, 0.1) is 0 Å². The molecule has 0 N–H and O–H groups in total. The van der Waals surface area contributed by atoms with Gasteiger partial charge in [-0.25, -0.2) is 4.79 Å². The summed E-state index contributed by atoms with van der Waals surface area (Å²) in [6.07, 6.45) is -4.40. The minimum atomic E-state index is -4.40. The molecule has 1 aromatic rings. The predicted molar refractivity (Wildman–Crippen MR) is 47.5 cm³/mol. The number of hydrogen-bond acceptors (Lipinski definition) is 2. The lowest BCUT2D eigenvalue weighted by Gasteiger charge is -2.08. The molecule has 0 heterocycles. The normalized spacial score (nSPS) is 11.2. The fourth-order valence-corrected chi connectivity index (χ4v) is 1.03. The van der Waals surface area contributed by atoms with Gasteiger partial charge in [0.05, 0.1) is 5.56 Å². The molecule has 6 heteroatoms. The lowest BCUT2D eigenvalue weighted by atomic mass is 10.1. The Balaban J connectivity index is 2.79. The molecule has 0 aliphatic rings. The molecule has 0 bridgehead atoms. The van der Waals surface area contributed by atoms with Crippen LogP contribution in [-0.2, 0) is 17.5 Å². The predicted octanol–water partition coefficient (Wildman–Crippen LogP) is 3.58. The highest BCUT2D eigenvalue weighted by atomic mass is 35.5. The van der Waals surface area contributed by atoms with Crippen molar-refractivity contribution in [3.05, 3.63) is 35.4 Å². The second-order valence-electron chi connectivity index (χ2n) is 2.72. The highest BCUT2D eigenvalue weighted by molar-refractivity contribution is 6.61. The molecule has 0 saturated carbocycles. The van der Waals surface area contributed by atoms with Crippen molar-refractivity contribution in [2.24, 2.45) is 0 Å². The minimum absolute atomic E-state index is 0.235. The van der Waals surface area contributed by atoms with E-state index in [2.05, 4.69) is 4.74 Å². The van der Waals surface area contributed by atoms with Gasteiger partial charge in [-0.3, -0.25) is 0 Å². The number of hydrogen-bond donors (Lipinski definition) is 0. The van der Waals surface area contributed by atoms with Crippen LogP contribution in [0.4, 0.5) is 18.0 Å². The molecule has 0 saturated heterocycles. The van der Waals surface area contributed by atoms with Crippen LogP contribution in [-0.4, -0.2) is 5.43 Å². The van der Waals surface area contributed by atoms with E-state index in [0.717, 1.165) is 12.1 Å². The molecule has 0 aliphatic heterocycles. The summed E-state index contributed by atoms with van der Waals surface area (Å²) in [6.45, 7) is -0.272. The van der Waals surface area contributed by atoms with Crippen molar-refractivity contribution in [1.82, 2.24) is 0 Å². The highest BCUT2D eigenvalue weighted by Crippen LogP contribution is 2.29. The number of carbonyl (C=O) groups excluding carboxylic acids is 1. The summed E-state index contributed by atoms with van der Waals surface area (Å²) in [5.41, 5.74) is -1.60. The van der Waals surface area contributed by atoms with Crippen LogP contribution in [0.2, 0.25) is 0 Å². The first kappa shape index (κ1) is 11.8. The summed E-state index contributed by atoms with van der Waals surface area (Å²) in [7, 11) is 0. The molecule has 82 valence electrons. The molecular formula is C9H6ClF3O2. The maximum atomic E-state index is 12.2.